The molecule has 0 aromatic rings. The molecule has 0 rings (SSSR count). The van der Waals surface area contributed by atoms with Gasteiger partial charge in [-0.05, 0) is 83.5 Å². The third kappa shape index (κ3) is 43.3. The van der Waals surface area contributed by atoms with Crippen molar-refractivity contribution >= 4 is 17.9 Å². The van der Waals surface area contributed by atoms with Gasteiger partial charge in [0, 0.05) is 19.3 Å². The van der Waals surface area contributed by atoms with Crippen molar-refractivity contribution in [3.05, 3.63) is 97.2 Å². The lowest BCUT2D eigenvalue weighted by atomic mass is 10.1. The van der Waals surface area contributed by atoms with E-state index in [-0.39, 0.29) is 31.1 Å². The summed E-state index contributed by atoms with van der Waals surface area (Å²) in [7, 11) is 0. The van der Waals surface area contributed by atoms with Gasteiger partial charge in [0.05, 0.1) is 0 Å². The zero-order chi connectivity index (χ0) is 41.5. The maximum atomic E-state index is 12.7. The Balaban J connectivity index is 4.53. The van der Waals surface area contributed by atoms with Gasteiger partial charge in [-0.2, -0.15) is 0 Å². The Morgan fingerprint density at radius 2 is 0.702 bits per heavy atom. The highest BCUT2D eigenvalue weighted by Gasteiger charge is 2.19. The lowest BCUT2D eigenvalue weighted by Crippen LogP contribution is -2.30. The van der Waals surface area contributed by atoms with Crippen molar-refractivity contribution in [3.8, 4) is 0 Å². The van der Waals surface area contributed by atoms with E-state index in [2.05, 4.69) is 75.5 Å². The molecule has 0 aromatic carbocycles. The molecule has 0 aromatic heterocycles. The summed E-state index contributed by atoms with van der Waals surface area (Å²) < 4.78 is 16.6. The van der Waals surface area contributed by atoms with Crippen molar-refractivity contribution in [2.24, 2.45) is 0 Å². The molecule has 0 spiro atoms. The molecule has 0 N–H and O–H groups in total. The molecular weight excluding hydrogens is 709 g/mol. The van der Waals surface area contributed by atoms with Crippen LogP contribution in [0.4, 0.5) is 0 Å². The molecule has 322 valence electrons. The van der Waals surface area contributed by atoms with Gasteiger partial charge < -0.3 is 14.2 Å². The van der Waals surface area contributed by atoms with Crippen molar-refractivity contribution in [2.75, 3.05) is 13.2 Å². The number of unbranched alkanes of at least 4 members (excludes halogenated alkanes) is 17. The van der Waals surface area contributed by atoms with E-state index in [0.29, 0.717) is 19.3 Å². The monoisotopic (exact) mass is 791 g/mol. The van der Waals surface area contributed by atoms with Gasteiger partial charge in [0.2, 0.25) is 0 Å². The van der Waals surface area contributed by atoms with Crippen LogP contribution in [0.25, 0.3) is 0 Å². The summed E-state index contributed by atoms with van der Waals surface area (Å²) in [5, 5.41) is 0. The smallest absolute Gasteiger partial charge is 0.306 e. The van der Waals surface area contributed by atoms with Gasteiger partial charge >= 0.3 is 17.9 Å². The van der Waals surface area contributed by atoms with E-state index in [9.17, 15) is 14.4 Å². The van der Waals surface area contributed by atoms with E-state index in [1.54, 1.807) is 0 Å². The molecule has 1 atom stereocenters. The largest absolute Gasteiger partial charge is 0.462 e. The fraction of sp³-hybridized carbons (Fsp3) is 0.627. The molecule has 0 saturated carbocycles. The Labute approximate surface area is 349 Å². The summed E-state index contributed by atoms with van der Waals surface area (Å²) in [4.78, 5) is 37.8. The fourth-order valence-corrected chi connectivity index (χ4v) is 5.80. The molecule has 0 aliphatic rings. The second-order valence-corrected chi connectivity index (χ2v) is 14.7. The summed E-state index contributed by atoms with van der Waals surface area (Å²) in [5.41, 5.74) is 0. The van der Waals surface area contributed by atoms with Crippen molar-refractivity contribution in [3.63, 3.8) is 0 Å². The van der Waals surface area contributed by atoms with Gasteiger partial charge in [-0.1, -0.05) is 182 Å². The van der Waals surface area contributed by atoms with Crippen LogP contribution in [0.1, 0.15) is 188 Å². The first kappa shape index (κ1) is 53.3. The van der Waals surface area contributed by atoms with Crippen LogP contribution in [0.15, 0.2) is 97.2 Å². The summed E-state index contributed by atoms with van der Waals surface area (Å²) in [6, 6.07) is 0. The van der Waals surface area contributed by atoms with Crippen molar-refractivity contribution < 1.29 is 28.6 Å². The second-order valence-electron chi connectivity index (χ2n) is 14.7. The lowest BCUT2D eigenvalue weighted by Gasteiger charge is -2.18. The van der Waals surface area contributed by atoms with Crippen LogP contribution in [0.5, 0.6) is 0 Å². The minimum atomic E-state index is -0.809. The highest BCUT2D eigenvalue weighted by molar-refractivity contribution is 5.71. The molecule has 0 fully saturated rings. The lowest BCUT2D eigenvalue weighted by molar-refractivity contribution is -0.167. The van der Waals surface area contributed by atoms with Gasteiger partial charge in [0.15, 0.2) is 6.10 Å². The van der Waals surface area contributed by atoms with Crippen LogP contribution in [-0.2, 0) is 28.6 Å². The van der Waals surface area contributed by atoms with Gasteiger partial charge in [0.25, 0.3) is 0 Å². The molecule has 0 bridgehead atoms. The third-order valence-electron chi connectivity index (χ3n) is 9.21. The van der Waals surface area contributed by atoms with Gasteiger partial charge in [-0.3, -0.25) is 14.4 Å². The minimum Gasteiger partial charge on any atom is -0.462 e. The topological polar surface area (TPSA) is 78.9 Å². The van der Waals surface area contributed by atoms with Crippen molar-refractivity contribution in [2.45, 2.75) is 194 Å². The van der Waals surface area contributed by atoms with Gasteiger partial charge in [-0.25, -0.2) is 0 Å². The van der Waals surface area contributed by atoms with Crippen LogP contribution >= 0.6 is 0 Å². The van der Waals surface area contributed by atoms with Crippen LogP contribution in [0.3, 0.4) is 0 Å². The molecule has 6 heteroatoms. The maximum Gasteiger partial charge on any atom is 0.306 e. The molecule has 0 aliphatic heterocycles. The van der Waals surface area contributed by atoms with E-state index in [1.807, 2.05) is 42.5 Å². The molecule has 1 unspecified atom stereocenters. The number of hydrogen-bond donors (Lipinski definition) is 0. The Hall–Kier alpha value is -3.67. The predicted molar refractivity (Wildman–Crippen MR) is 242 cm³/mol. The molecule has 0 saturated heterocycles. The van der Waals surface area contributed by atoms with E-state index >= 15 is 0 Å². The second kappa shape index (κ2) is 45.0. The number of esters is 3. The Morgan fingerprint density at radius 3 is 1.14 bits per heavy atom. The maximum absolute atomic E-state index is 12.7. The zero-order valence-electron chi connectivity index (χ0n) is 36.6. The summed E-state index contributed by atoms with van der Waals surface area (Å²) >= 11 is 0. The van der Waals surface area contributed by atoms with Crippen molar-refractivity contribution in [1.82, 2.24) is 0 Å². The van der Waals surface area contributed by atoms with Gasteiger partial charge in [-0.15, -0.1) is 0 Å². The quantitative estimate of drug-likeness (QED) is 0.0203. The fourth-order valence-electron chi connectivity index (χ4n) is 5.80. The predicted octanol–water partition coefficient (Wildman–Crippen LogP) is 14.6. The molecule has 0 amide bonds. The van der Waals surface area contributed by atoms with Crippen LogP contribution in [0, 0.1) is 0 Å². The number of allylic oxidation sites excluding steroid dienone is 16. The van der Waals surface area contributed by atoms with Crippen LogP contribution in [0.2, 0.25) is 0 Å². The van der Waals surface area contributed by atoms with E-state index < -0.39 is 6.10 Å². The van der Waals surface area contributed by atoms with Crippen molar-refractivity contribution in [1.29, 1.82) is 0 Å². The number of ether oxygens (including phenoxy) is 3. The Kier molecular flexibility index (Phi) is 42.1. The van der Waals surface area contributed by atoms with E-state index in [0.717, 1.165) is 109 Å². The van der Waals surface area contributed by atoms with Crippen LogP contribution in [-0.4, -0.2) is 37.2 Å². The zero-order valence-corrected chi connectivity index (χ0v) is 36.6. The highest BCUT2D eigenvalue weighted by atomic mass is 16.6. The molecule has 6 nitrogen and oxygen atoms in total. The normalized spacial score (nSPS) is 13.0. The number of rotatable bonds is 39. The molecular formula is C51H82O6. The molecule has 0 heterocycles. The number of hydrogen-bond acceptors (Lipinski definition) is 6. The van der Waals surface area contributed by atoms with Gasteiger partial charge in [0.1, 0.15) is 13.2 Å². The Morgan fingerprint density at radius 1 is 0.368 bits per heavy atom. The average molecular weight is 791 g/mol. The number of carbonyl (C=O) groups excluding carboxylic acids is 3. The standard InChI is InChI=1S/C51H82O6/c1-4-7-10-13-16-19-22-25-28-31-34-37-40-43-49(52)55-46-48(57-51(54)45-42-39-36-33-30-27-24-21-18-15-12-9-6-3)47-56-50(53)44-41-38-35-32-29-26-23-20-17-14-11-8-5-2/h7,9-10,12-13,15-16,18-19,21-22,24-26,28-29,48H,4-6,8,11,14,17,20,23,27,30-47H2,1-3H3/b10-7-,12-9-,16-13-,18-15-,22-19-,24-21-,28-25-,29-26-. The first-order valence-corrected chi connectivity index (χ1v) is 22.8. The summed E-state index contributed by atoms with van der Waals surface area (Å²) in [6.45, 7) is 6.26. The SMILES string of the molecule is CC\C=C/C=C\C=C/C=C\CCCCCC(=O)OCC(COC(=O)CCCCC/C=C\CCCCCCCC)OC(=O)CCCCCCC\C=C/C=C\C=C/CC. The van der Waals surface area contributed by atoms with Crippen LogP contribution < -0.4 is 0 Å². The first-order chi connectivity index (χ1) is 28.0. The molecule has 57 heavy (non-hydrogen) atoms. The summed E-state index contributed by atoms with van der Waals surface area (Å²) in [6.07, 6.45) is 58.2. The molecule has 0 radical (unpaired) electrons. The van der Waals surface area contributed by atoms with E-state index in [1.165, 1.54) is 38.5 Å². The first-order valence-electron chi connectivity index (χ1n) is 22.8. The third-order valence-corrected chi connectivity index (χ3v) is 9.21. The average Bonchev–Trinajstić information content (AvgIpc) is 3.21. The highest BCUT2D eigenvalue weighted by Crippen LogP contribution is 2.12. The number of carbonyl (C=O) groups is 3. The molecule has 0 aliphatic carbocycles. The van der Waals surface area contributed by atoms with E-state index in [4.69, 9.17) is 14.2 Å². The summed E-state index contributed by atoms with van der Waals surface area (Å²) in [5.74, 6) is -0.994. The Bertz CT molecular complexity index is 1180. The minimum absolute atomic E-state index is 0.108.